The number of hydrogen-bond acceptors (Lipinski definition) is 2. The Balaban J connectivity index is 1.94. The Morgan fingerprint density at radius 1 is 1.33 bits per heavy atom. The molecular formula is C10H13NS. The van der Waals surface area contributed by atoms with Gasteiger partial charge in [-0.25, -0.2) is 0 Å². The maximum Gasteiger partial charge on any atom is 0.0420 e. The summed E-state index contributed by atoms with van der Waals surface area (Å²) in [5.74, 6) is 2.38. The first-order valence-corrected chi connectivity index (χ1v) is 5.46. The highest BCUT2D eigenvalue weighted by Gasteiger charge is 2.13. The molecule has 2 heteroatoms. The third kappa shape index (κ3) is 2.02. The summed E-state index contributed by atoms with van der Waals surface area (Å²) in [5.41, 5.74) is 1.44. The zero-order chi connectivity index (χ0) is 8.23. The summed E-state index contributed by atoms with van der Waals surface area (Å²) >= 11 is 1.99. The molecule has 1 N–H and O–H groups in total. The van der Waals surface area contributed by atoms with Crippen LogP contribution in [-0.2, 0) is 6.42 Å². The molecule has 0 amide bonds. The average Bonchev–Trinajstić information content (AvgIpc) is 2.59. The molecular weight excluding hydrogens is 166 g/mol. The van der Waals surface area contributed by atoms with E-state index in [-0.39, 0.29) is 0 Å². The van der Waals surface area contributed by atoms with Crippen LogP contribution in [0.3, 0.4) is 0 Å². The summed E-state index contributed by atoms with van der Waals surface area (Å²) in [4.78, 5) is 0. The standard InChI is InChI=1S/C10H13NS/c1-2-4-9(5-3-1)6-10-7-12-8-11-10/h1-5,10-11H,6-8H2/t10-/m1/s1. The van der Waals surface area contributed by atoms with Crippen molar-refractivity contribution in [3.8, 4) is 0 Å². The molecule has 0 radical (unpaired) electrons. The summed E-state index contributed by atoms with van der Waals surface area (Å²) in [6, 6.07) is 11.4. The van der Waals surface area contributed by atoms with Crippen molar-refractivity contribution in [2.45, 2.75) is 12.5 Å². The maximum absolute atomic E-state index is 3.47. The van der Waals surface area contributed by atoms with Crippen LogP contribution < -0.4 is 5.32 Å². The van der Waals surface area contributed by atoms with E-state index in [1.807, 2.05) is 11.8 Å². The van der Waals surface area contributed by atoms with Crippen LogP contribution in [0.15, 0.2) is 30.3 Å². The minimum atomic E-state index is 0.692. The van der Waals surface area contributed by atoms with E-state index >= 15 is 0 Å². The minimum Gasteiger partial charge on any atom is -0.304 e. The molecule has 12 heavy (non-hydrogen) atoms. The van der Waals surface area contributed by atoms with Gasteiger partial charge in [-0.05, 0) is 12.0 Å². The van der Waals surface area contributed by atoms with E-state index in [0.29, 0.717) is 6.04 Å². The van der Waals surface area contributed by atoms with Crippen LogP contribution in [0.25, 0.3) is 0 Å². The quantitative estimate of drug-likeness (QED) is 0.744. The average molecular weight is 179 g/mol. The molecule has 0 spiro atoms. The fourth-order valence-electron chi connectivity index (χ4n) is 1.47. The normalized spacial score (nSPS) is 22.8. The van der Waals surface area contributed by atoms with Crippen molar-refractivity contribution < 1.29 is 0 Å². The fraction of sp³-hybridized carbons (Fsp3) is 0.400. The van der Waals surface area contributed by atoms with Crippen molar-refractivity contribution in [2.75, 3.05) is 11.6 Å². The molecule has 1 nitrogen and oxygen atoms in total. The van der Waals surface area contributed by atoms with E-state index < -0.39 is 0 Å². The van der Waals surface area contributed by atoms with Gasteiger partial charge in [-0.15, -0.1) is 11.8 Å². The lowest BCUT2D eigenvalue weighted by molar-refractivity contribution is 0.630. The van der Waals surface area contributed by atoms with Gasteiger partial charge in [0.25, 0.3) is 0 Å². The van der Waals surface area contributed by atoms with Crippen molar-refractivity contribution in [1.29, 1.82) is 0 Å². The van der Waals surface area contributed by atoms with E-state index in [1.54, 1.807) is 0 Å². The summed E-state index contributed by atoms with van der Waals surface area (Å²) in [6.45, 7) is 0. The molecule has 0 bridgehead atoms. The Bertz CT molecular complexity index is 229. The Morgan fingerprint density at radius 3 is 2.83 bits per heavy atom. The lowest BCUT2D eigenvalue weighted by Crippen LogP contribution is -2.25. The Labute approximate surface area is 77.6 Å². The lowest BCUT2D eigenvalue weighted by atomic mass is 10.1. The molecule has 1 aliphatic heterocycles. The van der Waals surface area contributed by atoms with Crippen molar-refractivity contribution in [1.82, 2.24) is 5.32 Å². The van der Waals surface area contributed by atoms with Crippen LogP contribution in [-0.4, -0.2) is 17.7 Å². The van der Waals surface area contributed by atoms with Crippen LogP contribution in [0.1, 0.15) is 5.56 Å². The van der Waals surface area contributed by atoms with Gasteiger partial charge in [-0.1, -0.05) is 30.3 Å². The second-order valence-corrected chi connectivity index (χ2v) is 4.14. The van der Waals surface area contributed by atoms with Gasteiger partial charge in [0.05, 0.1) is 0 Å². The van der Waals surface area contributed by atoms with Crippen molar-refractivity contribution >= 4 is 11.8 Å². The highest BCUT2D eigenvalue weighted by molar-refractivity contribution is 7.99. The van der Waals surface area contributed by atoms with Crippen LogP contribution in [0.2, 0.25) is 0 Å². The highest BCUT2D eigenvalue weighted by atomic mass is 32.2. The minimum absolute atomic E-state index is 0.692. The Morgan fingerprint density at radius 2 is 2.17 bits per heavy atom. The van der Waals surface area contributed by atoms with Gasteiger partial charge in [0.2, 0.25) is 0 Å². The summed E-state index contributed by atoms with van der Waals surface area (Å²) in [5, 5.41) is 3.47. The van der Waals surface area contributed by atoms with Gasteiger partial charge in [0.1, 0.15) is 0 Å². The molecule has 0 aromatic heterocycles. The van der Waals surface area contributed by atoms with Crippen molar-refractivity contribution in [3.63, 3.8) is 0 Å². The number of hydrogen-bond donors (Lipinski definition) is 1. The Hall–Kier alpha value is -0.470. The van der Waals surface area contributed by atoms with Crippen molar-refractivity contribution in [3.05, 3.63) is 35.9 Å². The molecule has 0 aliphatic carbocycles. The number of benzene rings is 1. The fourth-order valence-corrected chi connectivity index (χ4v) is 2.46. The highest BCUT2D eigenvalue weighted by Crippen LogP contribution is 2.13. The molecule has 1 aromatic carbocycles. The lowest BCUT2D eigenvalue weighted by Gasteiger charge is -2.08. The molecule has 1 fully saturated rings. The second-order valence-electron chi connectivity index (χ2n) is 3.11. The Kier molecular flexibility index (Phi) is 2.69. The van der Waals surface area contributed by atoms with Crippen LogP contribution in [0.4, 0.5) is 0 Å². The number of nitrogens with one attached hydrogen (secondary N) is 1. The molecule has 1 aliphatic rings. The smallest absolute Gasteiger partial charge is 0.0420 e. The predicted octanol–water partition coefficient (Wildman–Crippen LogP) is 1.89. The summed E-state index contributed by atoms with van der Waals surface area (Å²) < 4.78 is 0. The van der Waals surface area contributed by atoms with Crippen molar-refractivity contribution in [2.24, 2.45) is 0 Å². The predicted molar refractivity (Wildman–Crippen MR) is 54.4 cm³/mol. The largest absolute Gasteiger partial charge is 0.304 e. The molecule has 1 saturated heterocycles. The molecule has 1 heterocycles. The van der Waals surface area contributed by atoms with Gasteiger partial charge < -0.3 is 5.32 Å². The van der Waals surface area contributed by atoms with Crippen LogP contribution in [0, 0.1) is 0 Å². The summed E-state index contributed by atoms with van der Waals surface area (Å²) in [6.07, 6.45) is 1.17. The van der Waals surface area contributed by atoms with Gasteiger partial charge in [-0.2, -0.15) is 0 Å². The SMILES string of the molecule is c1ccc(C[C@@H]2CSCN2)cc1. The molecule has 64 valence electrons. The molecule has 0 saturated carbocycles. The van der Waals surface area contributed by atoms with E-state index in [4.69, 9.17) is 0 Å². The molecule has 0 unspecified atom stereocenters. The van der Waals surface area contributed by atoms with Crippen LogP contribution >= 0.6 is 11.8 Å². The second kappa shape index (κ2) is 3.97. The van der Waals surface area contributed by atoms with Gasteiger partial charge in [-0.3, -0.25) is 0 Å². The van der Waals surface area contributed by atoms with E-state index in [9.17, 15) is 0 Å². The number of rotatable bonds is 2. The zero-order valence-corrected chi connectivity index (χ0v) is 7.81. The first-order valence-electron chi connectivity index (χ1n) is 4.30. The van der Waals surface area contributed by atoms with Gasteiger partial charge >= 0.3 is 0 Å². The van der Waals surface area contributed by atoms with E-state index in [0.717, 1.165) is 5.88 Å². The van der Waals surface area contributed by atoms with E-state index in [2.05, 4.69) is 35.6 Å². The molecule has 1 aromatic rings. The first-order chi connectivity index (χ1) is 5.95. The summed E-state index contributed by atoms with van der Waals surface area (Å²) in [7, 11) is 0. The maximum atomic E-state index is 3.47. The first kappa shape index (κ1) is 8.14. The van der Waals surface area contributed by atoms with Crippen LogP contribution in [0.5, 0.6) is 0 Å². The van der Waals surface area contributed by atoms with Gasteiger partial charge in [0.15, 0.2) is 0 Å². The third-order valence-electron chi connectivity index (χ3n) is 2.12. The topological polar surface area (TPSA) is 12.0 Å². The number of thioether (sulfide) groups is 1. The monoisotopic (exact) mass is 179 g/mol. The molecule has 2 rings (SSSR count). The molecule has 1 atom stereocenters. The van der Waals surface area contributed by atoms with E-state index in [1.165, 1.54) is 17.7 Å². The van der Waals surface area contributed by atoms with Gasteiger partial charge in [0, 0.05) is 17.7 Å². The third-order valence-corrected chi connectivity index (χ3v) is 3.13. The zero-order valence-electron chi connectivity index (χ0n) is 6.99.